The van der Waals surface area contributed by atoms with Crippen LogP contribution in [0.25, 0.3) is 0 Å². The lowest BCUT2D eigenvalue weighted by atomic mass is 9.83. The van der Waals surface area contributed by atoms with Crippen molar-refractivity contribution in [2.45, 2.75) is 64.3 Å². The number of carboxylic acid groups (broad SMARTS) is 1. The number of ketones is 1. The summed E-state index contributed by atoms with van der Waals surface area (Å²) in [6.45, 7) is 6.66. The van der Waals surface area contributed by atoms with Crippen molar-refractivity contribution in [3.8, 4) is 5.75 Å². The minimum Gasteiger partial charge on any atom is -0.494 e. The summed E-state index contributed by atoms with van der Waals surface area (Å²) in [4.78, 5) is 39.3. The van der Waals surface area contributed by atoms with Crippen LogP contribution in [-0.2, 0) is 42.1 Å². The summed E-state index contributed by atoms with van der Waals surface area (Å²) in [5, 5.41) is 8.96. The third kappa shape index (κ3) is 8.33. The molecule has 1 aliphatic heterocycles. The Morgan fingerprint density at radius 2 is 1.78 bits per heavy atom. The third-order valence-corrected chi connectivity index (χ3v) is 7.11. The van der Waals surface area contributed by atoms with Gasteiger partial charge < -0.3 is 24.2 Å². The molecule has 1 atom stereocenters. The number of halogens is 2. The number of hydrogen-bond donors (Lipinski definition) is 1. The third-order valence-electron chi connectivity index (χ3n) is 7.11. The van der Waals surface area contributed by atoms with E-state index in [0.29, 0.717) is 30.9 Å². The van der Waals surface area contributed by atoms with Gasteiger partial charge in [0.05, 0.1) is 26.4 Å². The first-order valence-electron chi connectivity index (χ1n) is 13.8. The standard InChI is InChI=1S/C31H39F2NO7/c1-5-41-22-9-10-23-21(18-22)11-12-34(27(36)7-6-8-28(37)38)30(23)26(35)17-20-15-24(32)29(25(33)16-20)31(2,3)19-40-14-13-39-4/h9-10,15-16,18,30H,5-8,11-14,17,19H2,1-4H3,(H,37,38)/t30-/m1/s1. The summed E-state index contributed by atoms with van der Waals surface area (Å²) >= 11 is 0. The summed E-state index contributed by atoms with van der Waals surface area (Å²) in [6.07, 6.45) is 0.150. The Balaban J connectivity index is 1.88. The van der Waals surface area contributed by atoms with E-state index < -0.39 is 34.8 Å². The molecule has 0 bridgehead atoms. The van der Waals surface area contributed by atoms with Gasteiger partial charge in [-0.1, -0.05) is 19.9 Å². The zero-order valence-electron chi connectivity index (χ0n) is 24.1. The molecule has 1 aliphatic rings. The Hall–Kier alpha value is -3.37. The maximum Gasteiger partial charge on any atom is 0.303 e. The van der Waals surface area contributed by atoms with Gasteiger partial charge in [-0.15, -0.1) is 0 Å². The predicted octanol–water partition coefficient (Wildman–Crippen LogP) is 4.80. The fourth-order valence-electron chi connectivity index (χ4n) is 5.22. The SMILES string of the molecule is CCOc1ccc2c(c1)CCN(C(=O)CCCC(=O)O)[C@H]2C(=O)Cc1cc(F)c(C(C)(C)COCCOC)c(F)c1. The molecule has 2 aromatic rings. The minimum absolute atomic E-state index is 0.0259. The molecular formula is C31H39F2NO7. The van der Waals surface area contributed by atoms with E-state index in [2.05, 4.69) is 0 Å². The van der Waals surface area contributed by atoms with Gasteiger partial charge in [0, 0.05) is 43.9 Å². The van der Waals surface area contributed by atoms with Crippen LogP contribution in [0.2, 0.25) is 0 Å². The quantitative estimate of drug-likeness (QED) is 0.305. The molecule has 10 heteroatoms. The number of aliphatic carboxylic acids is 1. The number of benzene rings is 2. The van der Waals surface area contributed by atoms with E-state index in [4.69, 9.17) is 19.3 Å². The number of hydrogen-bond acceptors (Lipinski definition) is 6. The Morgan fingerprint density at radius 3 is 2.41 bits per heavy atom. The molecule has 0 saturated carbocycles. The van der Waals surface area contributed by atoms with E-state index >= 15 is 8.78 Å². The van der Waals surface area contributed by atoms with Crippen molar-refractivity contribution in [2.24, 2.45) is 0 Å². The van der Waals surface area contributed by atoms with Gasteiger partial charge in [0.1, 0.15) is 23.4 Å². The summed E-state index contributed by atoms with van der Waals surface area (Å²) in [7, 11) is 1.53. The molecule has 224 valence electrons. The number of carbonyl (C=O) groups excluding carboxylic acids is 2. The number of ether oxygens (including phenoxy) is 3. The van der Waals surface area contributed by atoms with Gasteiger partial charge >= 0.3 is 5.97 Å². The molecule has 0 fully saturated rings. The molecule has 0 unspecified atom stereocenters. The second kappa shape index (κ2) is 14.5. The molecule has 1 N–H and O–H groups in total. The topological polar surface area (TPSA) is 102 Å². The van der Waals surface area contributed by atoms with Gasteiger partial charge in [-0.3, -0.25) is 14.4 Å². The fraction of sp³-hybridized carbons (Fsp3) is 0.516. The number of rotatable bonds is 15. The van der Waals surface area contributed by atoms with Gasteiger partial charge in [0.25, 0.3) is 0 Å². The molecule has 0 aromatic heterocycles. The minimum atomic E-state index is -1.00. The Labute approximate surface area is 239 Å². The van der Waals surface area contributed by atoms with E-state index in [1.807, 2.05) is 13.0 Å². The van der Waals surface area contributed by atoms with E-state index in [9.17, 15) is 14.4 Å². The van der Waals surface area contributed by atoms with Gasteiger partial charge in [-0.2, -0.15) is 0 Å². The number of amides is 1. The van der Waals surface area contributed by atoms with Crippen LogP contribution >= 0.6 is 0 Å². The van der Waals surface area contributed by atoms with Crippen molar-refractivity contribution in [2.75, 3.05) is 40.1 Å². The second-order valence-electron chi connectivity index (χ2n) is 10.8. The van der Waals surface area contributed by atoms with Crippen molar-refractivity contribution in [3.63, 3.8) is 0 Å². The molecule has 3 rings (SSSR count). The monoisotopic (exact) mass is 575 g/mol. The number of Topliss-reactive ketones (excluding diaryl/α,β-unsaturated/α-hetero) is 1. The van der Waals surface area contributed by atoms with Crippen molar-refractivity contribution >= 4 is 17.7 Å². The molecule has 0 saturated heterocycles. The Morgan fingerprint density at radius 1 is 1.07 bits per heavy atom. The predicted molar refractivity (Wildman–Crippen MR) is 148 cm³/mol. The van der Waals surface area contributed by atoms with E-state index in [0.717, 1.165) is 17.7 Å². The first-order chi connectivity index (χ1) is 19.5. The van der Waals surface area contributed by atoms with Gasteiger partial charge in [-0.25, -0.2) is 8.78 Å². The molecule has 1 amide bonds. The lowest BCUT2D eigenvalue weighted by Crippen LogP contribution is -2.44. The number of fused-ring (bicyclic) bond motifs is 1. The van der Waals surface area contributed by atoms with E-state index in [-0.39, 0.29) is 62.5 Å². The molecular weight excluding hydrogens is 536 g/mol. The molecule has 0 radical (unpaired) electrons. The Bertz CT molecular complexity index is 1220. The molecule has 2 aromatic carbocycles. The van der Waals surface area contributed by atoms with Gasteiger partial charge in [0.15, 0.2) is 5.78 Å². The molecule has 0 aliphatic carbocycles. The summed E-state index contributed by atoms with van der Waals surface area (Å²) < 4.78 is 46.6. The van der Waals surface area contributed by atoms with Crippen LogP contribution in [0, 0.1) is 11.6 Å². The first-order valence-corrected chi connectivity index (χ1v) is 13.8. The lowest BCUT2D eigenvalue weighted by Gasteiger charge is -2.37. The highest BCUT2D eigenvalue weighted by atomic mass is 19.1. The normalized spacial score (nSPS) is 15.0. The van der Waals surface area contributed by atoms with Crippen molar-refractivity contribution in [3.05, 3.63) is 64.2 Å². The fourth-order valence-corrected chi connectivity index (χ4v) is 5.22. The maximum atomic E-state index is 15.3. The molecule has 1 heterocycles. The average Bonchev–Trinajstić information content (AvgIpc) is 2.89. The summed E-state index contributed by atoms with van der Waals surface area (Å²) in [5.41, 5.74) is 0.536. The maximum absolute atomic E-state index is 15.3. The molecule has 8 nitrogen and oxygen atoms in total. The Kier molecular flexibility index (Phi) is 11.4. The zero-order valence-corrected chi connectivity index (χ0v) is 24.1. The van der Waals surface area contributed by atoms with Gasteiger partial charge in [0.2, 0.25) is 5.91 Å². The van der Waals surface area contributed by atoms with Crippen LogP contribution in [0.3, 0.4) is 0 Å². The number of carbonyl (C=O) groups is 3. The smallest absolute Gasteiger partial charge is 0.303 e. The summed E-state index contributed by atoms with van der Waals surface area (Å²) in [5.74, 6) is -2.65. The average molecular weight is 576 g/mol. The van der Waals surface area contributed by atoms with Crippen molar-refractivity contribution < 1.29 is 42.5 Å². The second-order valence-corrected chi connectivity index (χ2v) is 10.8. The lowest BCUT2D eigenvalue weighted by molar-refractivity contribution is -0.141. The van der Waals surface area contributed by atoms with Crippen LogP contribution in [0.1, 0.15) is 68.3 Å². The van der Waals surface area contributed by atoms with Crippen molar-refractivity contribution in [1.82, 2.24) is 4.90 Å². The largest absolute Gasteiger partial charge is 0.494 e. The van der Waals surface area contributed by atoms with Crippen LogP contribution < -0.4 is 4.74 Å². The first kappa shape index (κ1) is 32.1. The van der Waals surface area contributed by atoms with Crippen LogP contribution in [0.15, 0.2) is 30.3 Å². The highest BCUT2D eigenvalue weighted by molar-refractivity contribution is 5.92. The zero-order chi connectivity index (χ0) is 30.2. The van der Waals surface area contributed by atoms with E-state index in [1.54, 1.807) is 26.0 Å². The van der Waals surface area contributed by atoms with Crippen LogP contribution in [0.4, 0.5) is 8.78 Å². The highest BCUT2D eigenvalue weighted by Crippen LogP contribution is 2.35. The number of methoxy groups -OCH3 is 1. The molecule has 0 spiro atoms. The number of nitrogens with zero attached hydrogens (tertiary/aromatic N) is 1. The highest BCUT2D eigenvalue weighted by Gasteiger charge is 2.36. The van der Waals surface area contributed by atoms with Crippen LogP contribution in [0.5, 0.6) is 5.75 Å². The summed E-state index contributed by atoms with van der Waals surface area (Å²) in [6, 6.07) is 6.67. The number of carboxylic acids is 1. The molecule has 41 heavy (non-hydrogen) atoms. The van der Waals surface area contributed by atoms with Crippen molar-refractivity contribution in [1.29, 1.82) is 0 Å². The van der Waals surface area contributed by atoms with Crippen LogP contribution in [-0.4, -0.2) is 67.7 Å². The van der Waals surface area contributed by atoms with E-state index in [1.165, 1.54) is 12.0 Å². The van der Waals surface area contributed by atoms with Gasteiger partial charge in [-0.05, 0) is 60.7 Å².